The molecule has 0 N–H and O–H groups in total. The van der Waals surface area contributed by atoms with Gasteiger partial charge in [-0.1, -0.05) is 6.42 Å². The van der Waals surface area contributed by atoms with Gasteiger partial charge in [-0.3, -0.25) is 0 Å². The molecule has 2 aliphatic heterocycles. The van der Waals surface area contributed by atoms with Crippen LogP contribution in [-0.2, 0) is 25.0 Å². The van der Waals surface area contributed by atoms with Crippen molar-refractivity contribution < 1.29 is 25.0 Å². The molecule has 6 nitrogen and oxygen atoms in total. The van der Waals surface area contributed by atoms with Gasteiger partial charge in [0, 0.05) is 6.61 Å². The Morgan fingerprint density at radius 3 is 0.923 bits per heavy atom. The van der Waals surface area contributed by atoms with Crippen molar-refractivity contribution >= 4 is 52.6 Å². The second-order valence-corrected chi connectivity index (χ2v) is 28.8. The molecule has 0 spiro atoms. The van der Waals surface area contributed by atoms with E-state index >= 15 is 0 Å². The highest BCUT2D eigenvalue weighted by Gasteiger charge is 2.50. The van der Waals surface area contributed by atoms with Crippen LogP contribution in [0.2, 0.25) is 71.5 Å². The van der Waals surface area contributed by atoms with Crippen LogP contribution in [0, 0.1) is 0 Å². The van der Waals surface area contributed by atoms with Gasteiger partial charge in [0.15, 0.2) is 9.76 Å². The fraction of sp³-hybridized carbons (Fsp3) is 1.00. The molecule has 0 aromatic heterocycles. The molecule has 0 aromatic rings. The SMILES string of the molecule is C1CC[SiH2]OC1.C[Si]1(C)O[Si](C)(C)O[Si](C)(C)O[Si](C)(C)O[Si](C)(C)O1. The first-order chi connectivity index (χ1) is 11.5. The van der Waals surface area contributed by atoms with Crippen LogP contribution in [0.4, 0.5) is 0 Å². The predicted octanol–water partition coefficient (Wildman–Crippen LogP) is 3.89. The molecular weight excluding hydrogens is 433 g/mol. The topological polar surface area (TPSA) is 55.4 Å². The molecule has 2 rings (SSSR count). The van der Waals surface area contributed by atoms with E-state index < -0.39 is 42.8 Å². The Balaban J connectivity index is 0.000000472. The summed E-state index contributed by atoms with van der Waals surface area (Å²) in [6.45, 7) is 21.8. The molecule has 0 amide bonds. The lowest BCUT2D eigenvalue weighted by molar-refractivity contribution is 0.239. The Bertz CT molecular complexity index is 340. The lowest BCUT2D eigenvalue weighted by Gasteiger charge is -2.46. The zero-order valence-electron chi connectivity index (χ0n) is 18.5. The van der Waals surface area contributed by atoms with Gasteiger partial charge >= 0.3 is 42.8 Å². The maximum atomic E-state index is 6.30. The monoisotopic (exact) mass is 472 g/mol. The van der Waals surface area contributed by atoms with Crippen molar-refractivity contribution in [1.82, 2.24) is 0 Å². The van der Waals surface area contributed by atoms with Gasteiger partial charge in [-0.15, -0.1) is 0 Å². The number of hydrogen-bond donors (Lipinski definition) is 0. The van der Waals surface area contributed by atoms with Gasteiger partial charge in [-0.25, -0.2) is 0 Å². The summed E-state index contributed by atoms with van der Waals surface area (Å²) in [6.07, 6.45) is 2.75. The first-order valence-electron chi connectivity index (χ1n) is 9.62. The first-order valence-corrected chi connectivity index (χ1v) is 25.3. The molecule has 26 heavy (non-hydrogen) atoms. The molecule has 0 unspecified atom stereocenters. The van der Waals surface area contributed by atoms with Gasteiger partial charge in [-0.2, -0.15) is 0 Å². The second-order valence-electron chi connectivity index (χ2n) is 9.18. The highest BCUT2D eigenvalue weighted by atomic mass is 28.5. The van der Waals surface area contributed by atoms with Crippen molar-refractivity contribution in [2.75, 3.05) is 6.61 Å². The summed E-state index contributed by atoms with van der Waals surface area (Å²) in [6, 6.07) is 1.42. The van der Waals surface area contributed by atoms with Crippen LogP contribution in [0.1, 0.15) is 12.8 Å². The maximum absolute atomic E-state index is 6.30. The normalized spacial score (nSPS) is 30.7. The molecule has 0 atom stereocenters. The number of hydrogen-bond acceptors (Lipinski definition) is 6. The minimum absolute atomic E-state index is 0.00849. The van der Waals surface area contributed by atoms with Crippen LogP contribution in [0.3, 0.4) is 0 Å². The van der Waals surface area contributed by atoms with Gasteiger partial charge in [0.2, 0.25) is 0 Å². The molecule has 0 saturated carbocycles. The Kier molecular flexibility index (Phi) is 8.93. The molecule has 2 aliphatic rings. The van der Waals surface area contributed by atoms with Gasteiger partial charge in [-0.05, 0) is 77.9 Å². The highest BCUT2D eigenvalue weighted by molar-refractivity contribution is 6.92. The summed E-state index contributed by atoms with van der Waals surface area (Å²) in [5, 5.41) is 0. The zero-order valence-corrected chi connectivity index (χ0v) is 24.9. The summed E-state index contributed by atoms with van der Waals surface area (Å²) >= 11 is 0. The predicted molar refractivity (Wildman–Crippen MR) is 121 cm³/mol. The molecule has 2 fully saturated rings. The van der Waals surface area contributed by atoms with Crippen molar-refractivity contribution in [2.45, 2.75) is 84.4 Å². The average molecular weight is 473 g/mol. The molecule has 2 heterocycles. The molecular formula is C14H40O6Si6. The van der Waals surface area contributed by atoms with Crippen LogP contribution >= 0.6 is 0 Å². The first kappa shape index (κ1) is 25.1. The van der Waals surface area contributed by atoms with E-state index in [9.17, 15) is 0 Å². The fourth-order valence-corrected chi connectivity index (χ4v) is 31.3. The summed E-state index contributed by atoms with van der Waals surface area (Å²) in [5.74, 6) is 0. The van der Waals surface area contributed by atoms with Crippen LogP contribution in [0.25, 0.3) is 0 Å². The van der Waals surface area contributed by atoms with E-state index in [2.05, 4.69) is 65.5 Å². The van der Waals surface area contributed by atoms with E-state index in [1.54, 1.807) is 0 Å². The smallest absolute Gasteiger partial charge is 0.314 e. The summed E-state index contributed by atoms with van der Waals surface area (Å²) in [4.78, 5) is 0. The van der Waals surface area contributed by atoms with Crippen molar-refractivity contribution in [3.8, 4) is 0 Å². The molecule has 0 aliphatic carbocycles. The van der Waals surface area contributed by atoms with Crippen LogP contribution in [0.15, 0.2) is 0 Å². The minimum atomic E-state index is -2.26. The van der Waals surface area contributed by atoms with E-state index in [-0.39, 0.29) is 9.76 Å². The lowest BCUT2D eigenvalue weighted by atomic mass is 10.4. The lowest BCUT2D eigenvalue weighted by Crippen LogP contribution is -2.64. The second kappa shape index (κ2) is 9.25. The van der Waals surface area contributed by atoms with Crippen molar-refractivity contribution in [3.05, 3.63) is 0 Å². The molecule has 0 aromatic carbocycles. The minimum Gasteiger partial charge on any atom is -0.424 e. The largest absolute Gasteiger partial charge is 0.424 e. The third-order valence-electron chi connectivity index (χ3n) is 3.54. The van der Waals surface area contributed by atoms with Gasteiger partial charge in [0.25, 0.3) is 0 Å². The highest BCUT2D eigenvalue weighted by Crippen LogP contribution is 2.30. The summed E-state index contributed by atoms with van der Waals surface area (Å²) < 4.78 is 36.7. The molecule has 0 radical (unpaired) electrons. The third-order valence-corrected chi connectivity index (χ3v) is 24.6. The molecule has 0 bridgehead atoms. The van der Waals surface area contributed by atoms with E-state index in [1.165, 1.54) is 18.9 Å². The third kappa shape index (κ3) is 10.6. The Morgan fingerprint density at radius 2 is 0.808 bits per heavy atom. The maximum Gasteiger partial charge on any atom is 0.314 e. The standard InChI is InChI=1S/C10H30O5Si5.C4H10OSi/c1-16(2)11-17(3,4)13-19(7,8)15-20(9,10)14-18(5,6)12-16;1-2-4-6-5-3-1/h1-10H3;1-4,6H2. The fourth-order valence-electron chi connectivity index (χ4n) is 3.75. The Morgan fingerprint density at radius 1 is 0.500 bits per heavy atom. The van der Waals surface area contributed by atoms with Gasteiger partial charge in [0.05, 0.1) is 0 Å². The van der Waals surface area contributed by atoms with Gasteiger partial charge in [0.1, 0.15) is 0 Å². The summed E-state index contributed by atoms with van der Waals surface area (Å²) in [7, 11) is -11.3. The molecule has 12 heteroatoms. The molecule has 2 saturated heterocycles. The van der Waals surface area contributed by atoms with E-state index in [0.29, 0.717) is 0 Å². The van der Waals surface area contributed by atoms with Crippen molar-refractivity contribution in [1.29, 1.82) is 0 Å². The Labute approximate surface area is 168 Å². The van der Waals surface area contributed by atoms with Crippen LogP contribution in [0.5, 0.6) is 0 Å². The zero-order chi connectivity index (χ0) is 20.3. The van der Waals surface area contributed by atoms with E-state index in [0.717, 1.165) is 6.61 Å². The number of rotatable bonds is 0. The Hall–Kier alpha value is 1.06. The van der Waals surface area contributed by atoms with Crippen LogP contribution < -0.4 is 0 Å². The van der Waals surface area contributed by atoms with Crippen LogP contribution in [-0.4, -0.2) is 59.2 Å². The quantitative estimate of drug-likeness (QED) is 0.498. The van der Waals surface area contributed by atoms with Gasteiger partial charge < -0.3 is 25.0 Å². The van der Waals surface area contributed by atoms with Crippen molar-refractivity contribution in [2.24, 2.45) is 0 Å². The van der Waals surface area contributed by atoms with E-state index in [4.69, 9.17) is 25.0 Å². The van der Waals surface area contributed by atoms with Crippen molar-refractivity contribution in [3.63, 3.8) is 0 Å². The molecule has 156 valence electrons. The van der Waals surface area contributed by atoms with E-state index in [1.807, 2.05) is 0 Å². The average Bonchev–Trinajstić information content (AvgIpc) is 2.32. The summed E-state index contributed by atoms with van der Waals surface area (Å²) in [5.41, 5.74) is 0.